The van der Waals surface area contributed by atoms with Crippen LogP contribution >= 0.6 is 11.3 Å². The lowest BCUT2D eigenvalue weighted by Gasteiger charge is -2.17. The molecular formula is C11H18N2O2S. The average molecular weight is 242 g/mol. The van der Waals surface area contributed by atoms with Crippen molar-refractivity contribution in [2.45, 2.75) is 34.1 Å². The van der Waals surface area contributed by atoms with E-state index < -0.39 is 5.97 Å². The lowest BCUT2D eigenvalue weighted by Crippen LogP contribution is -2.12. The molecule has 0 atom stereocenters. The maximum atomic E-state index is 10.8. The van der Waals surface area contributed by atoms with Crippen LogP contribution in [0.4, 0.5) is 5.13 Å². The number of aromatic carboxylic acids is 1. The molecule has 0 aliphatic rings. The molecule has 0 saturated carbocycles. The molecule has 90 valence electrons. The third-order valence-corrected chi connectivity index (χ3v) is 3.08. The number of hydrogen-bond donors (Lipinski definition) is 2. The minimum atomic E-state index is -0.961. The maximum absolute atomic E-state index is 10.8. The highest BCUT2D eigenvalue weighted by molar-refractivity contribution is 7.15. The van der Waals surface area contributed by atoms with Gasteiger partial charge >= 0.3 is 5.97 Å². The Morgan fingerprint density at radius 1 is 1.50 bits per heavy atom. The number of carboxylic acid groups (broad SMARTS) is 1. The molecule has 1 heterocycles. The van der Waals surface area contributed by atoms with Gasteiger partial charge in [0, 0.05) is 11.4 Å². The molecule has 0 bridgehead atoms. The zero-order valence-electron chi connectivity index (χ0n) is 10.1. The Kier molecular flexibility index (Phi) is 3.91. The van der Waals surface area contributed by atoms with E-state index in [1.807, 2.05) is 0 Å². The summed E-state index contributed by atoms with van der Waals surface area (Å²) in [6, 6.07) is 0. The van der Waals surface area contributed by atoms with Gasteiger partial charge in [-0.25, -0.2) is 9.78 Å². The Balaban J connectivity index is 2.56. The summed E-state index contributed by atoms with van der Waals surface area (Å²) in [5.41, 5.74) is 0.429. The van der Waals surface area contributed by atoms with E-state index in [9.17, 15) is 4.79 Å². The molecule has 0 unspecified atom stereocenters. The molecule has 0 aromatic carbocycles. The van der Waals surface area contributed by atoms with E-state index >= 15 is 0 Å². The molecule has 0 fully saturated rings. The van der Waals surface area contributed by atoms with Crippen molar-refractivity contribution >= 4 is 22.4 Å². The van der Waals surface area contributed by atoms with E-state index in [-0.39, 0.29) is 11.1 Å². The molecule has 2 N–H and O–H groups in total. The van der Waals surface area contributed by atoms with Gasteiger partial charge in [-0.3, -0.25) is 0 Å². The third kappa shape index (κ3) is 3.81. The monoisotopic (exact) mass is 242 g/mol. The Hall–Kier alpha value is -1.10. The van der Waals surface area contributed by atoms with E-state index in [1.165, 1.54) is 11.3 Å². The van der Waals surface area contributed by atoms with Gasteiger partial charge in [-0.15, -0.1) is 11.3 Å². The lowest BCUT2D eigenvalue weighted by atomic mass is 9.92. The molecule has 16 heavy (non-hydrogen) atoms. The Bertz CT molecular complexity index is 380. The van der Waals surface area contributed by atoms with Crippen LogP contribution in [0, 0.1) is 12.3 Å². The van der Waals surface area contributed by atoms with Crippen LogP contribution in [0.15, 0.2) is 0 Å². The average Bonchev–Trinajstić information content (AvgIpc) is 2.44. The number of nitrogens with one attached hydrogen (secondary N) is 1. The third-order valence-electron chi connectivity index (χ3n) is 2.15. The molecule has 0 aliphatic heterocycles. The number of anilines is 1. The Labute approximate surface area is 99.7 Å². The normalized spacial score (nSPS) is 11.5. The molecule has 0 radical (unpaired) electrons. The van der Waals surface area contributed by atoms with E-state index in [4.69, 9.17) is 5.11 Å². The summed E-state index contributed by atoms with van der Waals surface area (Å²) >= 11 is 1.39. The van der Waals surface area contributed by atoms with Crippen molar-refractivity contribution in [1.82, 2.24) is 4.98 Å². The van der Waals surface area contributed by atoms with Crippen molar-refractivity contribution in [3.8, 4) is 0 Å². The van der Waals surface area contributed by atoms with Crippen molar-refractivity contribution in [3.63, 3.8) is 0 Å². The van der Waals surface area contributed by atoms with Gasteiger partial charge in [0.25, 0.3) is 0 Å². The van der Waals surface area contributed by atoms with Crippen LogP contribution in [0.2, 0.25) is 0 Å². The van der Waals surface area contributed by atoms with Crippen LogP contribution in [0.5, 0.6) is 0 Å². The molecular weight excluding hydrogens is 224 g/mol. The molecule has 0 amide bonds. The van der Waals surface area contributed by atoms with Crippen LogP contribution < -0.4 is 5.32 Å². The highest BCUT2D eigenvalue weighted by atomic mass is 32.1. The van der Waals surface area contributed by atoms with Crippen molar-refractivity contribution in [3.05, 3.63) is 10.6 Å². The fraction of sp³-hybridized carbons (Fsp3) is 0.636. The molecule has 0 spiro atoms. The number of aromatic nitrogens is 1. The number of aryl methyl sites for hydroxylation is 1. The zero-order valence-corrected chi connectivity index (χ0v) is 10.9. The lowest BCUT2D eigenvalue weighted by molar-refractivity contribution is 0.0690. The largest absolute Gasteiger partial charge is 0.476 e. The molecule has 1 aromatic rings. The number of rotatable bonds is 4. The van der Waals surface area contributed by atoms with Crippen molar-refractivity contribution in [1.29, 1.82) is 0 Å². The second-order valence-electron chi connectivity index (χ2n) is 4.97. The summed E-state index contributed by atoms with van der Waals surface area (Å²) in [6.07, 6.45) is 1.02. The number of carboxylic acids is 1. The standard InChI is InChI=1S/C11H18N2O2S/c1-7-8(9(14)15)13-10(16-7)12-6-5-11(2,3)4/h5-6H2,1-4H3,(H,12,13)(H,14,15). The van der Waals surface area contributed by atoms with Gasteiger partial charge in [-0.1, -0.05) is 20.8 Å². The minimum Gasteiger partial charge on any atom is -0.476 e. The molecule has 0 aliphatic carbocycles. The first-order valence-corrected chi connectivity index (χ1v) is 6.06. The van der Waals surface area contributed by atoms with Gasteiger partial charge < -0.3 is 10.4 Å². The smallest absolute Gasteiger partial charge is 0.355 e. The van der Waals surface area contributed by atoms with E-state index in [0.29, 0.717) is 5.13 Å². The Morgan fingerprint density at radius 3 is 2.56 bits per heavy atom. The predicted molar refractivity (Wildman–Crippen MR) is 66.4 cm³/mol. The quantitative estimate of drug-likeness (QED) is 0.852. The fourth-order valence-corrected chi connectivity index (χ4v) is 2.05. The van der Waals surface area contributed by atoms with Crippen molar-refractivity contribution in [2.24, 2.45) is 5.41 Å². The summed E-state index contributed by atoms with van der Waals surface area (Å²) < 4.78 is 0. The minimum absolute atomic E-state index is 0.156. The van der Waals surface area contributed by atoms with Gasteiger partial charge in [0.2, 0.25) is 0 Å². The second kappa shape index (κ2) is 4.82. The van der Waals surface area contributed by atoms with Gasteiger partial charge in [0.1, 0.15) is 0 Å². The first-order valence-electron chi connectivity index (χ1n) is 5.24. The first kappa shape index (κ1) is 13.0. The number of nitrogens with zero attached hydrogens (tertiary/aromatic N) is 1. The second-order valence-corrected chi connectivity index (χ2v) is 6.17. The van der Waals surface area contributed by atoms with Crippen LogP contribution in [-0.2, 0) is 0 Å². The van der Waals surface area contributed by atoms with Gasteiger partial charge in [-0.05, 0) is 18.8 Å². The van der Waals surface area contributed by atoms with Crippen molar-refractivity contribution < 1.29 is 9.90 Å². The number of carbonyl (C=O) groups is 1. The number of hydrogen-bond acceptors (Lipinski definition) is 4. The predicted octanol–water partition coefficient (Wildman–Crippen LogP) is 3.00. The highest BCUT2D eigenvalue weighted by Crippen LogP contribution is 2.23. The van der Waals surface area contributed by atoms with Gasteiger partial charge in [0.15, 0.2) is 10.8 Å². The van der Waals surface area contributed by atoms with Crippen LogP contribution in [-0.4, -0.2) is 22.6 Å². The van der Waals surface area contributed by atoms with Gasteiger partial charge in [0.05, 0.1) is 0 Å². The molecule has 4 nitrogen and oxygen atoms in total. The fourth-order valence-electron chi connectivity index (χ4n) is 1.21. The summed E-state index contributed by atoms with van der Waals surface area (Å²) in [5, 5.41) is 12.7. The summed E-state index contributed by atoms with van der Waals surface area (Å²) in [6.45, 7) is 9.10. The molecule has 1 aromatic heterocycles. The zero-order chi connectivity index (χ0) is 12.3. The molecule has 5 heteroatoms. The summed E-state index contributed by atoms with van der Waals surface area (Å²) in [7, 11) is 0. The first-order chi connectivity index (χ1) is 7.29. The van der Waals surface area contributed by atoms with E-state index in [2.05, 4.69) is 31.1 Å². The summed E-state index contributed by atoms with van der Waals surface area (Å²) in [4.78, 5) is 15.6. The van der Waals surface area contributed by atoms with E-state index in [0.717, 1.165) is 17.8 Å². The Morgan fingerprint density at radius 2 is 2.12 bits per heavy atom. The molecule has 1 rings (SSSR count). The summed E-state index contributed by atoms with van der Waals surface area (Å²) in [5.74, 6) is -0.961. The molecule has 0 saturated heterocycles. The van der Waals surface area contributed by atoms with Crippen LogP contribution in [0.1, 0.15) is 42.6 Å². The van der Waals surface area contributed by atoms with Crippen LogP contribution in [0.3, 0.4) is 0 Å². The maximum Gasteiger partial charge on any atom is 0.355 e. The van der Waals surface area contributed by atoms with Gasteiger partial charge in [-0.2, -0.15) is 0 Å². The van der Waals surface area contributed by atoms with E-state index in [1.54, 1.807) is 6.92 Å². The van der Waals surface area contributed by atoms with Crippen LogP contribution in [0.25, 0.3) is 0 Å². The topological polar surface area (TPSA) is 62.2 Å². The highest BCUT2D eigenvalue weighted by Gasteiger charge is 2.14. The van der Waals surface area contributed by atoms with Crippen molar-refractivity contribution in [2.75, 3.05) is 11.9 Å². The number of thiazole rings is 1. The SMILES string of the molecule is Cc1sc(NCCC(C)(C)C)nc1C(=O)O.